The van der Waals surface area contributed by atoms with Crippen molar-refractivity contribution >= 4 is 17.3 Å². The fourth-order valence-electron chi connectivity index (χ4n) is 4.77. The zero-order valence-corrected chi connectivity index (χ0v) is 16.4. The van der Waals surface area contributed by atoms with Gasteiger partial charge in [-0.05, 0) is 19.1 Å². The number of piperidine rings is 1. The molecule has 140 valence electrons. The Morgan fingerprint density at radius 2 is 1.89 bits per heavy atom. The van der Waals surface area contributed by atoms with Crippen LogP contribution in [0.4, 0.5) is 0 Å². The lowest BCUT2D eigenvalue weighted by molar-refractivity contribution is -0.906. The number of hydrazone groups is 1. The van der Waals surface area contributed by atoms with E-state index in [4.69, 9.17) is 21.4 Å². The van der Waals surface area contributed by atoms with Gasteiger partial charge in [-0.2, -0.15) is 5.10 Å². The molecule has 5 rings (SSSR count). The van der Waals surface area contributed by atoms with E-state index in [2.05, 4.69) is 42.3 Å². The van der Waals surface area contributed by atoms with Gasteiger partial charge in [-0.1, -0.05) is 48.0 Å². The molecule has 0 amide bonds. The molecule has 3 aliphatic heterocycles. The van der Waals surface area contributed by atoms with Gasteiger partial charge in [0.2, 0.25) is 5.72 Å². The van der Waals surface area contributed by atoms with Crippen LogP contribution in [0.15, 0.2) is 53.6 Å². The molecule has 0 unspecified atom stereocenters. The summed E-state index contributed by atoms with van der Waals surface area (Å²) in [6.07, 6.45) is 2.87. The van der Waals surface area contributed by atoms with E-state index in [1.165, 1.54) is 12.1 Å². The zero-order chi connectivity index (χ0) is 18.4. The third kappa shape index (κ3) is 2.74. The van der Waals surface area contributed by atoms with Gasteiger partial charge < -0.3 is 9.64 Å². The van der Waals surface area contributed by atoms with Crippen LogP contribution in [0.25, 0.3) is 0 Å². The number of nitrogens with one attached hydrogen (secondary N) is 1. The van der Waals surface area contributed by atoms with Crippen LogP contribution in [0, 0.1) is 0 Å². The Bertz CT molecular complexity index is 889. The van der Waals surface area contributed by atoms with Crippen molar-refractivity contribution < 1.29 is 9.64 Å². The first-order valence-corrected chi connectivity index (χ1v) is 10.3. The van der Waals surface area contributed by atoms with Crippen LogP contribution in [0.2, 0.25) is 5.02 Å². The minimum absolute atomic E-state index is 0.226. The largest absolute Gasteiger partial charge is 0.466 e. The normalized spacial score (nSPS) is 29.1. The lowest BCUT2D eigenvalue weighted by Gasteiger charge is -2.50. The number of ether oxygens (including phenoxy) is 1. The molecule has 0 aromatic heterocycles. The maximum Gasteiger partial charge on any atom is 0.208 e. The van der Waals surface area contributed by atoms with Gasteiger partial charge in [-0.3, -0.25) is 0 Å². The molecule has 1 fully saturated rings. The summed E-state index contributed by atoms with van der Waals surface area (Å²) >= 11 is 6.48. The van der Waals surface area contributed by atoms with Gasteiger partial charge in [0, 0.05) is 22.6 Å². The van der Waals surface area contributed by atoms with Gasteiger partial charge >= 0.3 is 0 Å². The third-order valence-corrected chi connectivity index (χ3v) is 6.66. The minimum atomic E-state index is -0.333. The predicted octanol–water partition coefficient (Wildman–Crippen LogP) is 3.28. The summed E-state index contributed by atoms with van der Waals surface area (Å²) in [6, 6.07) is 16.7. The van der Waals surface area contributed by atoms with Crippen LogP contribution in [-0.2, 0) is 0 Å². The fourth-order valence-corrected chi connectivity index (χ4v) is 5.01. The molecule has 1 N–H and O–H groups in total. The van der Waals surface area contributed by atoms with E-state index in [0.29, 0.717) is 0 Å². The van der Waals surface area contributed by atoms with Gasteiger partial charge in [0.25, 0.3) is 0 Å². The highest BCUT2D eigenvalue weighted by Crippen LogP contribution is 2.49. The molecule has 3 heterocycles. The summed E-state index contributed by atoms with van der Waals surface area (Å²) in [4.78, 5) is 1.65. The highest BCUT2D eigenvalue weighted by Gasteiger charge is 2.52. The molecule has 2 aromatic carbocycles. The van der Waals surface area contributed by atoms with E-state index in [-0.39, 0.29) is 11.8 Å². The Kier molecular flexibility index (Phi) is 4.14. The molecule has 0 radical (unpaired) electrons. The van der Waals surface area contributed by atoms with Crippen LogP contribution in [-0.4, -0.2) is 36.1 Å². The Hall–Kier alpha value is -2.04. The molecule has 0 bridgehead atoms. The average Bonchev–Trinajstić information content (AvgIpc) is 3.16. The quantitative estimate of drug-likeness (QED) is 0.863. The number of nitrogens with zero attached hydrogens (tertiary/aromatic N) is 2. The molecule has 1 atom stereocenters. The van der Waals surface area contributed by atoms with Crippen LogP contribution >= 0.6 is 11.6 Å². The molecular formula is C22H25ClN3O+. The van der Waals surface area contributed by atoms with Crippen molar-refractivity contribution in [1.29, 1.82) is 0 Å². The lowest BCUT2D eigenvalue weighted by Crippen LogP contribution is -3.13. The number of para-hydroxylation sites is 1. The number of hydrogen-bond donors (Lipinski definition) is 1. The summed E-state index contributed by atoms with van der Waals surface area (Å²) in [7, 11) is 0. The van der Waals surface area contributed by atoms with Gasteiger partial charge in [-0.15, -0.1) is 0 Å². The van der Waals surface area contributed by atoms with Crippen LogP contribution in [0.5, 0.6) is 5.75 Å². The molecule has 0 aliphatic carbocycles. The number of likely N-dealkylation sites (tertiary alicyclic amines) is 1. The van der Waals surface area contributed by atoms with E-state index >= 15 is 0 Å². The number of quaternary nitrogens is 1. The molecule has 3 aliphatic rings. The molecule has 1 spiro atoms. The average molecular weight is 383 g/mol. The van der Waals surface area contributed by atoms with Crippen LogP contribution in [0.3, 0.4) is 0 Å². The number of fused-ring (bicyclic) bond motifs is 4. The van der Waals surface area contributed by atoms with Crippen molar-refractivity contribution in [1.82, 2.24) is 5.01 Å². The van der Waals surface area contributed by atoms with Gasteiger partial charge in [0.1, 0.15) is 5.75 Å². The summed E-state index contributed by atoms with van der Waals surface area (Å²) in [5, 5.41) is 8.13. The Balaban J connectivity index is 1.57. The highest BCUT2D eigenvalue weighted by molar-refractivity contribution is 6.34. The summed E-state index contributed by atoms with van der Waals surface area (Å²) in [5.74, 6) is 1.02. The zero-order valence-electron chi connectivity index (χ0n) is 15.6. The topological polar surface area (TPSA) is 29.3 Å². The maximum atomic E-state index is 6.65. The third-order valence-electron chi connectivity index (χ3n) is 6.33. The van der Waals surface area contributed by atoms with Crippen molar-refractivity contribution in [2.24, 2.45) is 5.10 Å². The van der Waals surface area contributed by atoms with Gasteiger partial charge in [0.15, 0.2) is 0 Å². The number of halogens is 1. The summed E-state index contributed by atoms with van der Waals surface area (Å²) in [5.41, 5.74) is 3.01. The standard InChI is InChI=1S/C22H24ClN3O/c1-2-25-13-11-22(12-14-25)26-20(17-8-4-6-10-21(17)27-22)15-19(24-26)16-7-3-5-9-18(16)23/h3-10,20H,2,11-15H2,1H3/p+1/t20-/m0/s1. The minimum Gasteiger partial charge on any atom is -0.466 e. The van der Waals surface area contributed by atoms with Crippen molar-refractivity contribution in [2.45, 2.75) is 38.0 Å². The number of benzene rings is 2. The Morgan fingerprint density at radius 3 is 2.67 bits per heavy atom. The van der Waals surface area contributed by atoms with E-state index in [1.807, 2.05) is 18.2 Å². The van der Waals surface area contributed by atoms with Gasteiger partial charge in [0.05, 0.1) is 44.2 Å². The summed E-state index contributed by atoms with van der Waals surface area (Å²) in [6.45, 7) is 5.68. The maximum absolute atomic E-state index is 6.65. The second-order valence-corrected chi connectivity index (χ2v) is 8.19. The first kappa shape index (κ1) is 17.1. The monoisotopic (exact) mass is 382 g/mol. The van der Waals surface area contributed by atoms with Crippen molar-refractivity contribution in [3.8, 4) is 5.75 Å². The van der Waals surface area contributed by atoms with Gasteiger partial charge in [-0.25, -0.2) is 5.01 Å². The van der Waals surface area contributed by atoms with Crippen molar-refractivity contribution in [2.75, 3.05) is 19.6 Å². The Labute approximate surface area is 165 Å². The molecule has 4 nitrogen and oxygen atoms in total. The lowest BCUT2D eigenvalue weighted by atomic mass is 9.90. The molecule has 2 aromatic rings. The summed E-state index contributed by atoms with van der Waals surface area (Å²) < 4.78 is 6.65. The second-order valence-electron chi connectivity index (χ2n) is 7.78. The molecule has 1 saturated heterocycles. The molecule has 0 saturated carbocycles. The molecule has 27 heavy (non-hydrogen) atoms. The first-order valence-electron chi connectivity index (χ1n) is 9.93. The number of hydrogen-bond acceptors (Lipinski definition) is 3. The van der Waals surface area contributed by atoms with Crippen molar-refractivity contribution in [3.05, 3.63) is 64.7 Å². The smallest absolute Gasteiger partial charge is 0.208 e. The van der Waals surface area contributed by atoms with E-state index in [0.717, 1.165) is 54.4 Å². The van der Waals surface area contributed by atoms with Crippen molar-refractivity contribution in [3.63, 3.8) is 0 Å². The second kappa shape index (κ2) is 6.54. The van der Waals surface area contributed by atoms with E-state index in [9.17, 15) is 0 Å². The van der Waals surface area contributed by atoms with E-state index in [1.54, 1.807) is 4.90 Å². The molecular weight excluding hydrogens is 358 g/mol. The SMILES string of the molecule is CC[NH+]1CCC2(CC1)Oc1ccccc1[C@@H]1CC(c3ccccc3Cl)=NN12. The van der Waals surface area contributed by atoms with Crippen LogP contribution in [0.1, 0.15) is 43.4 Å². The van der Waals surface area contributed by atoms with E-state index < -0.39 is 0 Å². The Morgan fingerprint density at radius 1 is 1.15 bits per heavy atom. The van der Waals surface area contributed by atoms with Crippen LogP contribution < -0.4 is 9.64 Å². The highest BCUT2D eigenvalue weighted by atomic mass is 35.5. The fraction of sp³-hybridized carbons (Fsp3) is 0.409. The predicted molar refractivity (Wildman–Crippen MR) is 107 cm³/mol. The molecule has 5 heteroatoms. The first-order chi connectivity index (χ1) is 13.2. The number of rotatable bonds is 2.